The number of hydrogen-bond acceptors (Lipinski definition) is 3. The van der Waals surface area contributed by atoms with Gasteiger partial charge in [-0.3, -0.25) is 4.79 Å². The SMILES string of the molecule is CSCCNCCNC(C)=O. The Bertz CT molecular complexity index is 109. The van der Waals surface area contributed by atoms with Crippen LogP contribution < -0.4 is 10.6 Å². The van der Waals surface area contributed by atoms with Crippen molar-refractivity contribution in [1.82, 2.24) is 10.6 Å². The zero-order valence-corrected chi connectivity index (χ0v) is 7.96. The molecule has 1 amide bonds. The predicted molar refractivity (Wildman–Crippen MR) is 49.9 cm³/mol. The molecule has 66 valence electrons. The van der Waals surface area contributed by atoms with E-state index in [-0.39, 0.29) is 5.91 Å². The Labute approximate surface area is 72.3 Å². The van der Waals surface area contributed by atoms with Crippen LogP contribution in [0, 0.1) is 0 Å². The van der Waals surface area contributed by atoms with Crippen LogP contribution in [0.25, 0.3) is 0 Å². The van der Waals surface area contributed by atoms with E-state index in [0.717, 1.165) is 25.4 Å². The number of rotatable bonds is 6. The molecule has 0 aromatic rings. The van der Waals surface area contributed by atoms with E-state index in [2.05, 4.69) is 16.9 Å². The molecule has 0 atom stereocenters. The van der Waals surface area contributed by atoms with Crippen molar-refractivity contribution in [2.45, 2.75) is 6.92 Å². The fraction of sp³-hybridized carbons (Fsp3) is 0.857. The number of thioether (sulfide) groups is 1. The lowest BCUT2D eigenvalue weighted by molar-refractivity contribution is -0.118. The second kappa shape index (κ2) is 7.88. The van der Waals surface area contributed by atoms with Crippen molar-refractivity contribution in [1.29, 1.82) is 0 Å². The van der Waals surface area contributed by atoms with Crippen LogP contribution in [0.1, 0.15) is 6.92 Å². The summed E-state index contributed by atoms with van der Waals surface area (Å²) in [5.41, 5.74) is 0. The van der Waals surface area contributed by atoms with Gasteiger partial charge in [-0.05, 0) is 6.26 Å². The van der Waals surface area contributed by atoms with Gasteiger partial charge in [0.25, 0.3) is 0 Å². The lowest BCUT2D eigenvalue weighted by Gasteiger charge is -2.03. The molecule has 0 fully saturated rings. The van der Waals surface area contributed by atoms with Crippen LogP contribution in [0.3, 0.4) is 0 Å². The van der Waals surface area contributed by atoms with Crippen molar-refractivity contribution in [2.24, 2.45) is 0 Å². The molecule has 0 bridgehead atoms. The van der Waals surface area contributed by atoms with Gasteiger partial charge in [-0.25, -0.2) is 0 Å². The van der Waals surface area contributed by atoms with Gasteiger partial charge in [0.05, 0.1) is 0 Å². The Morgan fingerprint density at radius 2 is 2.09 bits per heavy atom. The quantitative estimate of drug-likeness (QED) is 0.563. The molecule has 0 aliphatic rings. The topological polar surface area (TPSA) is 41.1 Å². The van der Waals surface area contributed by atoms with Gasteiger partial charge < -0.3 is 10.6 Å². The van der Waals surface area contributed by atoms with Crippen LogP contribution in [0.15, 0.2) is 0 Å². The zero-order chi connectivity index (χ0) is 8.53. The molecule has 0 aliphatic heterocycles. The summed E-state index contributed by atoms with van der Waals surface area (Å²) in [6.07, 6.45) is 2.08. The van der Waals surface area contributed by atoms with E-state index in [1.165, 1.54) is 6.92 Å². The summed E-state index contributed by atoms with van der Waals surface area (Å²) < 4.78 is 0. The number of carbonyl (C=O) groups excluding carboxylic acids is 1. The minimum absolute atomic E-state index is 0.0386. The average Bonchev–Trinajstić information content (AvgIpc) is 1.96. The summed E-state index contributed by atoms with van der Waals surface area (Å²) >= 11 is 1.82. The maximum Gasteiger partial charge on any atom is 0.216 e. The molecule has 0 heterocycles. The summed E-state index contributed by atoms with van der Waals surface area (Å²) in [5, 5.41) is 5.92. The Morgan fingerprint density at radius 1 is 1.36 bits per heavy atom. The zero-order valence-electron chi connectivity index (χ0n) is 7.14. The minimum Gasteiger partial charge on any atom is -0.355 e. The molecule has 0 aromatic carbocycles. The Hall–Kier alpha value is -0.220. The summed E-state index contributed by atoms with van der Waals surface area (Å²) in [6.45, 7) is 4.13. The summed E-state index contributed by atoms with van der Waals surface area (Å²) in [5.74, 6) is 1.16. The Balaban J connectivity index is 2.85. The lowest BCUT2D eigenvalue weighted by Crippen LogP contribution is -2.31. The van der Waals surface area contributed by atoms with E-state index in [9.17, 15) is 4.79 Å². The highest BCUT2D eigenvalue weighted by Gasteiger charge is 1.88. The van der Waals surface area contributed by atoms with Crippen molar-refractivity contribution >= 4 is 17.7 Å². The Morgan fingerprint density at radius 3 is 2.64 bits per heavy atom. The first-order valence-corrected chi connectivity index (χ1v) is 5.11. The van der Waals surface area contributed by atoms with Crippen molar-refractivity contribution in [3.05, 3.63) is 0 Å². The molecule has 0 unspecified atom stereocenters. The normalized spacial score (nSPS) is 9.64. The van der Waals surface area contributed by atoms with Crippen LogP contribution in [-0.4, -0.2) is 37.6 Å². The molecule has 0 radical (unpaired) electrons. The van der Waals surface area contributed by atoms with E-state index < -0.39 is 0 Å². The number of amides is 1. The molecule has 0 aliphatic carbocycles. The predicted octanol–water partition coefficient (Wildman–Crippen LogP) is 0.0751. The van der Waals surface area contributed by atoms with Crippen molar-refractivity contribution in [3.8, 4) is 0 Å². The molecule has 2 N–H and O–H groups in total. The smallest absolute Gasteiger partial charge is 0.216 e. The maximum absolute atomic E-state index is 10.4. The average molecular weight is 176 g/mol. The van der Waals surface area contributed by atoms with Crippen LogP contribution >= 0.6 is 11.8 Å². The van der Waals surface area contributed by atoms with E-state index in [1.807, 2.05) is 11.8 Å². The van der Waals surface area contributed by atoms with Gasteiger partial charge in [-0.1, -0.05) is 0 Å². The first kappa shape index (κ1) is 10.8. The maximum atomic E-state index is 10.4. The third-order valence-corrected chi connectivity index (χ3v) is 1.77. The van der Waals surface area contributed by atoms with Crippen LogP contribution in [-0.2, 0) is 4.79 Å². The van der Waals surface area contributed by atoms with Gasteiger partial charge in [-0.15, -0.1) is 0 Å². The first-order chi connectivity index (χ1) is 5.27. The summed E-state index contributed by atoms with van der Waals surface area (Å²) in [7, 11) is 0. The molecule has 0 rings (SSSR count). The largest absolute Gasteiger partial charge is 0.355 e. The molecule has 0 saturated carbocycles. The van der Waals surface area contributed by atoms with Crippen molar-refractivity contribution in [2.75, 3.05) is 31.6 Å². The first-order valence-electron chi connectivity index (χ1n) is 3.71. The molecule has 11 heavy (non-hydrogen) atoms. The number of hydrogen-bond donors (Lipinski definition) is 2. The van der Waals surface area contributed by atoms with Gasteiger partial charge in [0.1, 0.15) is 0 Å². The third-order valence-electron chi connectivity index (χ3n) is 1.16. The molecule has 3 nitrogen and oxygen atoms in total. The van der Waals surface area contributed by atoms with E-state index in [1.54, 1.807) is 0 Å². The van der Waals surface area contributed by atoms with Gasteiger partial charge in [0.15, 0.2) is 0 Å². The van der Waals surface area contributed by atoms with Gasteiger partial charge in [-0.2, -0.15) is 11.8 Å². The third kappa shape index (κ3) is 9.78. The summed E-state index contributed by atoms with van der Waals surface area (Å²) in [6, 6.07) is 0. The van der Waals surface area contributed by atoms with Gasteiger partial charge in [0, 0.05) is 32.3 Å². The second-order valence-corrected chi connectivity index (χ2v) is 3.21. The molecule has 0 aromatic heterocycles. The van der Waals surface area contributed by atoms with E-state index in [0.29, 0.717) is 0 Å². The standard InChI is InChI=1S/C7H16N2OS/c1-7(10)9-4-3-8-5-6-11-2/h8H,3-6H2,1-2H3,(H,9,10). The van der Waals surface area contributed by atoms with Crippen molar-refractivity contribution < 1.29 is 4.79 Å². The highest BCUT2D eigenvalue weighted by Crippen LogP contribution is 1.85. The highest BCUT2D eigenvalue weighted by atomic mass is 32.2. The molecule has 0 saturated heterocycles. The highest BCUT2D eigenvalue weighted by molar-refractivity contribution is 7.98. The molecular weight excluding hydrogens is 160 g/mol. The number of carbonyl (C=O) groups is 1. The van der Waals surface area contributed by atoms with E-state index in [4.69, 9.17) is 0 Å². The molecule has 0 spiro atoms. The monoisotopic (exact) mass is 176 g/mol. The molecule has 4 heteroatoms. The van der Waals surface area contributed by atoms with Crippen LogP contribution in [0.5, 0.6) is 0 Å². The fourth-order valence-corrected chi connectivity index (χ4v) is 0.975. The lowest BCUT2D eigenvalue weighted by atomic mass is 10.5. The van der Waals surface area contributed by atoms with Crippen molar-refractivity contribution in [3.63, 3.8) is 0 Å². The minimum atomic E-state index is 0.0386. The molecular formula is C7H16N2OS. The Kier molecular flexibility index (Phi) is 7.72. The van der Waals surface area contributed by atoms with Crippen LogP contribution in [0.2, 0.25) is 0 Å². The summed E-state index contributed by atoms with van der Waals surface area (Å²) in [4.78, 5) is 10.4. The fourth-order valence-electron chi connectivity index (χ4n) is 0.626. The van der Waals surface area contributed by atoms with E-state index >= 15 is 0 Å². The second-order valence-electron chi connectivity index (χ2n) is 2.23. The number of nitrogens with one attached hydrogen (secondary N) is 2. The van der Waals surface area contributed by atoms with Gasteiger partial charge >= 0.3 is 0 Å². The van der Waals surface area contributed by atoms with Gasteiger partial charge in [0.2, 0.25) is 5.91 Å². The van der Waals surface area contributed by atoms with Crippen LogP contribution in [0.4, 0.5) is 0 Å².